The highest BCUT2D eigenvalue weighted by molar-refractivity contribution is 5.81. The minimum absolute atomic E-state index is 0.0747. The molecule has 1 aliphatic carbocycles. The van der Waals surface area contributed by atoms with Gasteiger partial charge < -0.3 is 4.90 Å². The number of hydrogen-bond acceptors (Lipinski definition) is 1. The molecule has 0 N–H and O–H groups in total. The first-order chi connectivity index (χ1) is 7.41. The van der Waals surface area contributed by atoms with Gasteiger partial charge in [0.1, 0.15) is 0 Å². The highest BCUT2D eigenvalue weighted by atomic mass is 16.2. The molecule has 0 fully saturated rings. The van der Waals surface area contributed by atoms with Crippen LogP contribution < -0.4 is 0 Å². The summed E-state index contributed by atoms with van der Waals surface area (Å²) in [5.41, 5.74) is 3.69. The molecular formula is C14H19NO. The summed E-state index contributed by atoms with van der Waals surface area (Å²) in [6.07, 6.45) is 8.15. The van der Waals surface area contributed by atoms with E-state index in [9.17, 15) is 4.79 Å². The van der Waals surface area contributed by atoms with Gasteiger partial charge in [0.25, 0.3) is 0 Å². The van der Waals surface area contributed by atoms with Crippen molar-refractivity contribution in [3.63, 3.8) is 0 Å². The Labute approximate surface area is 97.3 Å². The van der Waals surface area contributed by atoms with Crippen molar-refractivity contribution in [2.75, 3.05) is 7.05 Å². The van der Waals surface area contributed by atoms with Gasteiger partial charge in [-0.2, -0.15) is 0 Å². The normalized spacial score (nSPS) is 24.1. The van der Waals surface area contributed by atoms with Gasteiger partial charge in [-0.1, -0.05) is 32.1 Å². The molecule has 0 radical (unpaired) electrons. The maximum atomic E-state index is 11.7. The number of carbonyl (C=O) groups excluding carboxylic acids is 1. The summed E-state index contributed by atoms with van der Waals surface area (Å²) in [6.45, 7) is 6.47. The summed E-state index contributed by atoms with van der Waals surface area (Å²) in [5, 5.41) is 0. The molecule has 0 unspecified atom stereocenters. The molecule has 1 amide bonds. The van der Waals surface area contributed by atoms with Gasteiger partial charge in [0.2, 0.25) is 5.91 Å². The molecule has 2 aliphatic rings. The van der Waals surface area contributed by atoms with Crippen LogP contribution >= 0.6 is 0 Å². The van der Waals surface area contributed by atoms with Crippen LogP contribution in [0.3, 0.4) is 0 Å². The fourth-order valence-corrected chi connectivity index (χ4v) is 2.54. The summed E-state index contributed by atoms with van der Waals surface area (Å²) >= 11 is 0. The van der Waals surface area contributed by atoms with E-state index in [1.807, 2.05) is 7.05 Å². The Morgan fingerprint density at radius 1 is 1.31 bits per heavy atom. The van der Waals surface area contributed by atoms with E-state index in [4.69, 9.17) is 0 Å². The first-order valence-corrected chi connectivity index (χ1v) is 5.79. The van der Waals surface area contributed by atoms with Crippen LogP contribution in [0.25, 0.3) is 0 Å². The zero-order valence-electron chi connectivity index (χ0n) is 10.5. The lowest BCUT2D eigenvalue weighted by atomic mass is 9.91. The fraction of sp³-hybridized carbons (Fsp3) is 0.500. The van der Waals surface area contributed by atoms with Gasteiger partial charge in [-0.3, -0.25) is 4.79 Å². The Bertz CT molecular complexity index is 424. The van der Waals surface area contributed by atoms with E-state index in [0.717, 1.165) is 12.1 Å². The number of rotatable bonds is 0. The molecule has 2 rings (SSSR count). The second-order valence-corrected chi connectivity index (χ2v) is 5.31. The van der Waals surface area contributed by atoms with Gasteiger partial charge in [0.05, 0.1) is 0 Å². The first kappa shape index (κ1) is 11.2. The molecule has 2 nitrogen and oxygen atoms in total. The molecule has 0 bridgehead atoms. The highest BCUT2D eigenvalue weighted by Crippen LogP contribution is 2.35. The van der Waals surface area contributed by atoms with E-state index in [1.165, 1.54) is 11.1 Å². The van der Waals surface area contributed by atoms with E-state index in [2.05, 4.69) is 39.0 Å². The van der Waals surface area contributed by atoms with Gasteiger partial charge in [0.15, 0.2) is 0 Å². The van der Waals surface area contributed by atoms with Gasteiger partial charge >= 0.3 is 0 Å². The predicted molar refractivity (Wildman–Crippen MR) is 65.7 cm³/mol. The third kappa shape index (κ3) is 1.84. The maximum absolute atomic E-state index is 11.7. The van der Waals surface area contributed by atoms with Crippen LogP contribution in [0.1, 0.15) is 33.6 Å². The molecule has 16 heavy (non-hydrogen) atoms. The minimum Gasteiger partial charge on any atom is -0.315 e. The van der Waals surface area contributed by atoms with Gasteiger partial charge in [-0.05, 0) is 24.5 Å². The Kier molecular flexibility index (Phi) is 2.53. The summed E-state index contributed by atoms with van der Waals surface area (Å²) in [7, 11) is 1.88. The quantitative estimate of drug-likeness (QED) is 0.610. The average Bonchev–Trinajstić information content (AvgIpc) is 2.29. The summed E-state index contributed by atoms with van der Waals surface area (Å²) in [5.74, 6) is 0.222. The van der Waals surface area contributed by atoms with Crippen molar-refractivity contribution in [1.29, 1.82) is 0 Å². The second kappa shape index (κ2) is 3.62. The zero-order valence-corrected chi connectivity index (χ0v) is 10.5. The zero-order chi connectivity index (χ0) is 11.9. The van der Waals surface area contributed by atoms with Crippen LogP contribution in [0.5, 0.6) is 0 Å². The Morgan fingerprint density at radius 3 is 2.69 bits per heavy atom. The van der Waals surface area contributed by atoms with Crippen molar-refractivity contribution in [3.05, 3.63) is 35.1 Å². The van der Waals surface area contributed by atoms with Crippen molar-refractivity contribution in [2.45, 2.75) is 33.6 Å². The van der Waals surface area contributed by atoms with E-state index in [0.29, 0.717) is 6.42 Å². The molecule has 0 atom stereocenters. The van der Waals surface area contributed by atoms with Crippen molar-refractivity contribution < 1.29 is 4.79 Å². The number of carbonyl (C=O) groups is 1. The number of likely N-dealkylation sites (N-methyl/N-ethyl adjacent to an activating group) is 1. The lowest BCUT2D eigenvalue weighted by Crippen LogP contribution is -2.30. The van der Waals surface area contributed by atoms with Gasteiger partial charge in [0, 0.05) is 24.6 Å². The Morgan fingerprint density at radius 2 is 2.00 bits per heavy atom. The molecular weight excluding hydrogens is 198 g/mol. The summed E-state index contributed by atoms with van der Waals surface area (Å²) < 4.78 is 0. The van der Waals surface area contributed by atoms with E-state index in [1.54, 1.807) is 4.90 Å². The van der Waals surface area contributed by atoms with Crippen molar-refractivity contribution >= 4 is 5.91 Å². The van der Waals surface area contributed by atoms with E-state index in [-0.39, 0.29) is 11.3 Å². The fourth-order valence-electron chi connectivity index (χ4n) is 2.54. The molecule has 0 aromatic carbocycles. The molecule has 0 saturated heterocycles. The molecule has 2 heteroatoms. The number of nitrogens with zero attached hydrogens (tertiary/aromatic N) is 1. The standard InChI is InChI=1S/C14H19NO/c1-10-9-14(2,3)8-7-11-5-6-12(16)15(4)13(10)11/h7-9H,5-6H2,1-4H3. The molecule has 0 aromatic heterocycles. The minimum atomic E-state index is 0.0747. The summed E-state index contributed by atoms with van der Waals surface area (Å²) in [6, 6.07) is 0. The Hall–Kier alpha value is -1.31. The average molecular weight is 217 g/mol. The van der Waals surface area contributed by atoms with Crippen LogP contribution in [0, 0.1) is 5.41 Å². The maximum Gasteiger partial charge on any atom is 0.227 e. The molecule has 0 aromatic rings. The van der Waals surface area contributed by atoms with Gasteiger partial charge in [-0.15, -0.1) is 0 Å². The third-order valence-corrected chi connectivity index (χ3v) is 3.30. The number of allylic oxidation sites excluding steroid dienone is 5. The first-order valence-electron chi connectivity index (χ1n) is 5.79. The lowest BCUT2D eigenvalue weighted by molar-refractivity contribution is -0.128. The van der Waals surface area contributed by atoms with Crippen LogP contribution in [0.15, 0.2) is 35.1 Å². The van der Waals surface area contributed by atoms with Crippen molar-refractivity contribution in [1.82, 2.24) is 4.90 Å². The Balaban J connectivity index is 2.52. The van der Waals surface area contributed by atoms with Crippen LogP contribution in [0.2, 0.25) is 0 Å². The van der Waals surface area contributed by atoms with E-state index >= 15 is 0 Å². The molecule has 0 saturated carbocycles. The largest absolute Gasteiger partial charge is 0.315 e. The number of amides is 1. The van der Waals surface area contributed by atoms with Crippen molar-refractivity contribution in [2.24, 2.45) is 5.41 Å². The van der Waals surface area contributed by atoms with Crippen LogP contribution in [-0.2, 0) is 4.79 Å². The molecule has 0 spiro atoms. The van der Waals surface area contributed by atoms with Crippen molar-refractivity contribution in [3.8, 4) is 0 Å². The van der Waals surface area contributed by atoms with Gasteiger partial charge in [-0.25, -0.2) is 0 Å². The monoisotopic (exact) mass is 217 g/mol. The number of hydrogen-bond donors (Lipinski definition) is 0. The topological polar surface area (TPSA) is 20.3 Å². The van der Waals surface area contributed by atoms with Crippen LogP contribution in [-0.4, -0.2) is 17.9 Å². The SMILES string of the molecule is CC1=CC(C)(C)C=CC2=C1N(C)C(=O)CC2. The second-order valence-electron chi connectivity index (χ2n) is 5.31. The smallest absolute Gasteiger partial charge is 0.227 e. The van der Waals surface area contributed by atoms with Crippen LogP contribution in [0.4, 0.5) is 0 Å². The predicted octanol–water partition coefficient (Wildman–Crippen LogP) is 3.04. The van der Waals surface area contributed by atoms with E-state index < -0.39 is 0 Å². The lowest BCUT2D eigenvalue weighted by Gasteiger charge is -2.28. The molecule has 86 valence electrons. The summed E-state index contributed by atoms with van der Waals surface area (Å²) in [4.78, 5) is 13.5. The highest BCUT2D eigenvalue weighted by Gasteiger charge is 2.26. The third-order valence-electron chi connectivity index (χ3n) is 3.30. The molecule has 1 heterocycles. The molecule has 1 aliphatic heterocycles.